The Morgan fingerprint density at radius 3 is 2.04 bits per heavy atom. The van der Waals surface area contributed by atoms with Crippen molar-refractivity contribution in [1.29, 1.82) is 0 Å². The molecule has 0 bridgehead atoms. The summed E-state index contributed by atoms with van der Waals surface area (Å²) in [7, 11) is 1.69. The van der Waals surface area contributed by atoms with Crippen molar-refractivity contribution in [1.82, 2.24) is 4.90 Å². The number of anilines is 1. The molecule has 0 N–H and O–H groups in total. The highest BCUT2D eigenvalue weighted by atomic mass is 16.2. The van der Waals surface area contributed by atoms with Gasteiger partial charge in [0, 0.05) is 42.2 Å². The van der Waals surface area contributed by atoms with E-state index < -0.39 is 0 Å². The lowest BCUT2D eigenvalue weighted by atomic mass is 9.94. The summed E-state index contributed by atoms with van der Waals surface area (Å²) < 4.78 is 0. The normalized spacial score (nSPS) is 13.1. The highest BCUT2D eigenvalue weighted by Gasteiger charge is 2.32. The minimum Gasteiger partial charge on any atom is -0.315 e. The predicted octanol–water partition coefficient (Wildman–Crippen LogP) is 3.49. The number of hydrogen-bond donors (Lipinski definition) is 0. The van der Waals surface area contributed by atoms with Gasteiger partial charge in [0.1, 0.15) is 0 Å². The Morgan fingerprint density at radius 1 is 0.852 bits per heavy atom. The Hall–Kier alpha value is -3.47. The van der Waals surface area contributed by atoms with E-state index in [0.29, 0.717) is 16.5 Å². The first-order chi connectivity index (χ1) is 13.1. The zero-order valence-corrected chi connectivity index (χ0v) is 14.9. The number of benzene rings is 3. The molecule has 3 amide bonds. The maximum atomic E-state index is 12.8. The van der Waals surface area contributed by atoms with E-state index in [1.807, 2.05) is 54.6 Å². The number of para-hydroxylation sites is 1. The molecular weight excluding hydrogens is 340 g/mol. The largest absolute Gasteiger partial charge is 0.315 e. The monoisotopic (exact) mass is 358 g/mol. The van der Waals surface area contributed by atoms with E-state index in [0.717, 1.165) is 11.1 Å². The number of hydrogen-bond acceptors (Lipinski definition) is 3. The average molecular weight is 358 g/mol. The van der Waals surface area contributed by atoms with Crippen molar-refractivity contribution in [3.63, 3.8) is 0 Å². The van der Waals surface area contributed by atoms with E-state index in [-0.39, 0.29) is 30.7 Å². The van der Waals surface area contributed by atoms with E-state index in [1.54, 1.807) is 19.2 Å². The number of nitrogens with zero attached hydrogens (tertiary/aromatic N) is 2. The molecule has 0 saturated carbocycles. The van der Waals surface area contributed by atoms with E-state index in [2.05, 4.69) is 0 Å². The minimum atomic E-state index is -0.348. The molecular formula is C22H18N2O3. The first-order valence-corrected chi connectivity index (χ1v) is 8.77. The molecule has 0 atom stereocenters. The van der Waals surface area contributed by atoms with Crippen LogP contribution in [0.3, 0.4) is 0 Å². The standard InChI is InChI=1S/C22H18N2O3/c1-23(16-9-3-2-4-10-16)19(25)13-14-24-21(26)17-11-5-7-15-8-6-12-18(20(15)17)22(24)27/h2-12H,13-14H2,1H3. The zero-order valence-electron chi connectivity index (χ0n) is 14.9. The van der Waals surface area contributed by atoms with Crippen LogP contribution in [0.1, 0.15) is 27.1 Å². The third kappa shape index (κ3) is 2.87. The number of carbonyl (C=O) groups is 3. The zero-order chi connectivity index (χ0) is 19.0. The van der Waals surface area contributed by atoms with Gasteiger partial charge in [-0.25, -0.2) is 0 Å². The summed E-state index contributed by atoms with van der Waals surface area (Å²) in [4.78, 5) is 40.9. The van der Waals surface area contributed by atoms with E-state index >= 15 is 0 Å². The molecule has 0 saturated heterocycles. The molecule has 5 nitrogen and oxygen atoms in total. The molecule has 5 heteroatoms. The molecule has 0 unspecified atom stereocenters. The van der Waals surface area contributed by atoms with Gasteiger partial charge >= 0.3 is 0 Å². The van der Waals surface area contributed by atoms with Crippen molar-refractivity contribution in [3.8, 4) is 0 Å². The third-order valence-corrected chi connectivity index (χ3v) is 4.92. The summed E-state index contributed by atoms with van der Waals surface area (Å²) in [5.41, 5.74) is 1.78. The predicted molar refractivity (Wildman–Crippen MR) is 104 cm³/mol. The summed E-state index contributed by atoms with van der Waals surface area (Å²) in [5, 5.41) is 1.56. The van der Waals surface area contributed by atoms with Gasteiger partial charge in [0.25, 0.3) is 11.8 Å². The molecule has 0 aromatic heterocycles. The van der Waals surface area contributed by atoms with Crippen LogP contribution >= 0.6 is 0 Å². The molecule has 27 heavy (non-hydrogen) atoms. The fourth-order valence-corrected chi connectivity index (χ4v) is 3.45. The quantitative estimate of drug-likeness (QED) is 0.671. The fourth-order valence-electron chi connectivity index (χ4n) is 3.45. The number of imide groups is 1. The van der Waals surface area contributed by atoms with E-state index in [4.69, 9.17) is 0 Å². The molecule has 3 aromatic rings. The Labute approximate surface area is 156 Å². The van der Waals surface area contributed by atoms with Gasteiger partial charge in [0.15, 0.2) is 0 Å². The molecule has 3 aromatic carbocycles. The Bertz CT molecular complexity index is 1010. The van der Waals surface area contributed by atoms with Crippen LogP contribution in [-0.4, -0.2) is 36.2 Å². The van der Waals surface area contributed by atoms with Crippen LogP contribution in [-0.2, 0) is 4.79 Å². The summed E-state index contributed by atoms with van der Waals surface area (Å²) in [6.07, 6.45) is 0.0705. The molecule has 0 aliphatic carbocycles. The lowest BCUT2D eigenvalue weighted by Gasteiger charge is -2.27. The van der Waals surface area contributed by atoms with Crippen molar-refractivity contribution < 1.29 is 14.4 Å². The van der Waals surface area contributed by atoms with E-state index in [1.165, 1.54) is 9.80 Å². The van der Waals surface area contributed by atoms with Gasteiger partial charge in [-0.1, -0.05) is 42.5 Å². The first-order valence-electron chi connectivity index (χ1n) is 8.77. The number of carbonyl (C=O) groups excluding carboxylic acids is 3. The Morgan fingerprint density at radius 2 is 1.44 bits per heavy atom. The molecule has 0 fully saturated rings. The number of amides is 3. The highest BCUT2D eigenvalue weighted by molar-refractivity contribution is 6.25. The maximum Gasteiger partial charge on any atom is 0.261 e. The van der Waals surface area contributed by atoms with Gasteiger partial charge in [-0.2, -0.15) is 0 Å². The van der Waals surface area contributed by atoms with Crippen LogP contribution in [0.2, 0.25) is 0 Å². The summed E-state index contributed by atoms with van der Waals surface area (Å²) in [6, 6.07) is 20.1. The van der Waals surface area contributed by atoms with Crippen LogP contribution in [0.15, 0.2) is 66.7 Å². The Balaban J connectivity index is 1.56. The van der Waals surface area contributed by atoms with Gasteiger partial charge < -0.3 is 4.90 Å². The van der Waals surface area contributed by atoms with Crippen LogP contribution in [0.5, 0.6) is 0 Å². The van der Waals surface area contributed by atoms with Crippen LogP contribution in [0, 0.1) is 0 Å². The summed E-state index contributed by atoms with van der Waals surface area (Å²) in [5.74, 6) is -0.849. The van der Waals surface area contributed by atoms with Crippen LogP contribution < -0.4 is 4.90 Å². The lowest BCUT2D eigenvalue weighted by Crippen LogP contribution is -2.42. The average Bonchev–Trinajstić information content (AvgIpc) is 2.71. The Kier molecular flexibility index (Phi) is 4.20. The molecule has 0 spiro atoms. The molecule has 1 aliphatic rings. The van der Waals surface area contributed by atoms with Crippen molar-refractivity contribution in [2.45, 2.75) is 6.42 Å². The molecule has 1 heterocycles. The fraction of sp³-hybridized carbons (Fsp3) is 0.136. The summed E-state index contributed by atoms with van der Waals surface area (Å²) >= 11 is 0. The van der Waals surface area contributed by atoms with E-state index in [9.17, 15) is 14.4 Å². The van der Waals surface area contributed by atoms with Crippen molar-refractivity contribution >= 4 is 34.2 Å². The smallest absolute Gasteiger partial charge is 0.261 e. The maximum absolute atomic E-state index is 12.8. The molecule has 4 rings (SSSR count). The third-order valence-electron chi connectivity index (χ3n) is 4.92. The first kappa shape index (κ1) is 17.0. The van der Waals surface area contributed by atoms with Crippen molar-refractivity contribution in [3.05, 3.63) is 77.9 Å². The molecule has 0 radical (unpaired) electrons. The topological polar surface area (TPSA) is 57.7 Å². The van der Waals surface area contributed by atoms with Crippen LogP contribution in [0.25, 0.3) is 10.8 Å². The van der Waals surface area contributed by atoms with Crippen molar-refractivity contribution in [2.24, 2.45) is 0 Å². The minimum absolute atomic E-state index is 0.0540. The SMILES string of the molecule is CN(C(=O)CCN1C(=O)c2cccc3cccc(c23)C1=O)c1ccccc1. The lowest BCUT2D eigenvalue weighted by molar-refractivity contribution is -0.118. The van der Waals surface area contributed by atoms with Crippen LogP contribution in [0.4, 0.5) is 5.69 Å². The second kappa shape index (κ2) is 6.68. The van der Waals surface area contributed by atoms with Crippen molar-refractivity contribution in [2.75, 3.05) is 18.5 Å². The second-order valence-corrected chi connectivity index (χ2v) is 6.51. The molecule has 134 valence electrons. The van der Waals surface area contributed by atoms with Gasteiger partial charge in [0.05, 0.1) is 0 Å². The van der Waals surface area contributed by atoms with Gasteiger partial charge in [0.2, 0.25) is 5.91 Å². The van der Waals surface area contributed by atoms with Gasteiger partial charge in [-0.15, -0.1) is 0 Å². The van der Waals surface area contributed by atoms with Gasteiger partial charge in [-0.05, 0) is 29.7 Å². The molecule has 1 aliphatic heterocycles. The number of rotatable bonds is 4. The van der Waals surface area contributed by atoms with Gasteiger partial charge in [-0.3, -0.25) is 19.3 Å². The highest BCUT2D eigenvalue weighted by Crippen LogP contribution is 2.30. The second-order valence-electron chi connectivity index (χ2n) is 6.51. The summed E-state index contributed by atoms with van der Waals surface area (Å²) in [6.45, 7) is 0.0540.